The quantitative estimate of drug-likeness (QED) is 0.779. The van der Waals surface area contributed by atoms with Crippen molar-refractivity contribution < 1.29 is 0 Å². The van der Waals surface area contributed by atoms with Gasteiger partial charge in [0.05, 0.1) is 5.69 Å². The van der Waals surface area contributed by atoms with Gasteiger partial charge in [0.1, 0.15) is 5.82 Å². The van der Waals surface area contributed by atoms with Crippen molar-refractivity contribution in [3.05, 3.63) is 40.8 Å². The molecule has 3 rings (SSSR count). The molecule has 2 heterocycles. The molecule has 2 aromatic rings. The van der Waals surface area contributed by atoms with Crippen LogP contribution in [0.2, 0.25) is 0 Å². The van der Waals surface area contributed by atoms with Crippen LogP contribution in [-0.4, -0.2) is 9.55 Å². The Morgan fingerprint density at radius 3 is 3.12 bits per heavy atom. The van der Waals surface area contributed by atoms with E-state index < -0.39 is 0 Å². The average molecular weight is 291 g/mol. The Hall–Kier alpha value is -1.09. The maximum Gasteiger partial charge on any atom is 0.109 e. The maximum atomic E-state index is 4.75. The fourth-order valence-corrected chi connectivity index (χ4v) is 2.77. The van der Waals surface area contributed by atoms with Crippen molar-refractivity contribution >= 4 is 15.9 Å². The summed E-state index contributed by atoms with van der Waals surface area (Å²) in [5.74, 6) is 2.00. The van der Waals surface area contributed by atoms with Crippen LogP contribution >= 0.6 is 15.9 Å². The van der Waals surface area contributed by atoms with Crippen LogP contribution in [0.4, 0.5) is 0 Å². The lowest BCUT2D eigenvalue weighted by atomic mass is 10.0. The van der Waals surface area contributed by atoms with Crippen LogP contribution in [-0.2, 0) is 13.0 Å². The molecule has 0 saturated heterocycles. The predicted octanol–water partition coefficient (Wildman–Crippen LogP) is 3.89. The highest BCUT2D eigenvalue weighted by Gasteiger charge is 2.17. The topological polar surface area (TPSA) is 17.8 Å². The number of halogens is 1. The van der Waals surface area contributed by atoms with E-state index in [0.29, 0.717) is 0 Å². The number of benzene rings is 1. The summed E-state index contributed by atoms with van der Waals surface area (Å²) in [4.78, 5) is 4.75. The minimum Gasteiger partial charge on any atom is -0.334 e. The first-order chi connectivity index (χ1) is 8.22. The largest absolute Gasteiger partial charge is 0.334 e. The van der Waals surface area contributed by atoms with Gasteiger partial charge in [-0.2, -0.15) is 0 Å². The number of hydrogen-bond donors (Lipinski definition) is 0. The zero-order chi connectivity index (χ0) is 11.8. The molecule has 0 amide bonds. The number of hydrogen-bond acceptors (Lipinski definition) is 1. The molecule has 2 nitrogen and oxygen atoms in total. The first-order valence-corrected chi connectivity index (χ1v) is 6.83. The van der Waals surface area contributed by atoms with E-state index in [-0.39, 0.29) is 0 Å². The van der Waals surface area contributed by atoms with Crippen molar-refractivity contribution in [3.63, 3.8) is 0 Å². The summed E-state index contributed by atoms with van der Waals surface area (Å²) in [5, 5.41) is 0. The Kier molecular flexibility index (Phi) is 2.79. The Balaban J connectivity index is 2.00. The second-order valence-electron chi connectivity index (χ2n) is 4.84. The Morgan fingerprint density at radius 1 is 1.41 bits per heavy atom. The van der Waals surface area contributed by atoms with Gasteiger partial charge in [-0.3, -0.25) is 0 Å². The molecule has 0 unspecified atom stereocenters. The molecule has 3 heteroatoms. The lowest BCUT2D eigenvalue weighted by molar-refractivity contribution is 0.409. The van der Waals surface area contributed by atoms with Gasteiger partial charge < -0.3 is 4.57 Å². The number of nitrogens with zero attached hydrogens (tertiary/aromatic N) is 2. The van der Waals surface area contributed by atoms with Gasteiger partial charge >= 0.3 is 0 Å². The molecule has 1 aliphatic rings. The summed E-state index contributed by atoms with van der Waals surface area (Å²) in [6, 6.07) is 8.34. The zero-order valence-electron chi connectivity index (χ0n) is 9.86. The maximum absolute atomic E-state index is 4.75. The summed E-state index contributed by atoms with van der Waals surface area (Å²) in [7, 11) is 0. The van der Waals surface area contributed by atoms with Crippen LogP contribution in [0, 0.1) is 5.92 Å². The van der Waals surface area contributed by atoms with Crippen LogP contribution in [0.15, 0.2) is 34.9 Å². The SMILES string of the molecule is C[C@@H]1CCn2cc(-c3cccc(Br)c3)nc2C1. The summed E-state index contributed by atoms with van der Waals surface area (Å²) in [6.07, 6.45) is 4.55. The van der Waals surface area contributed by atoms with Crippen molar-refractivity contribution in [2.24, 2.45) is 5.92 Å². The van der Waals surface area contributed by atoms with E-state index in [1.807, 2.05) is 6.07 Å². The van der Waals surface area contributed by atoms with Crippen LogP contribution in [0.5, 0.6) is 0 Å². The highest BCUT2D eigenvalue weighted by molar-refractivity contribution is 9.10. The van der Waals surface area contributed by atoms with E-state index in [1.165, 1.54) is 17.8 Å². The summed E-state index contributed by atoms with van der Waals surface area (Å²) in [6.45, 7) is 3.41. The second-order valence-corrected chi connectivity index (χ2v) is 5.76. The summed E-state index contributed by atoms with van der Waals surface area (Å²) < 4.78 is 3.41. The number of imidazole rings is 1. The molecule has 0 radical (unpaired) electrons. The smallest absolute Gasteiger partial charge is 0.109 e. The van der Waals surface area contributed by atoms with Crippen LogP contribution in [0.25, 0.3) is 11.3 Å². The van der Waals surface area contributed by atoms with Gasteiger partial charge in [0.2, 0.25) is 0 Å². The number of rotatable bonds is 1. The van der Waals surface area contributed by atoms with Gasteiger partial charge in [0.15, 0.2) is 0 Å². The number of aryl methyl sites for hydroxylation is 1. The molecule has 1 aliphatic heterocycles. The van der Waals surface area contributed by atoms with Crippen molar-refractivity contribution in [2.75, 3.05) is 0 Å². The molecule has 17 heavy (non-hydrogen) atoms. The second kappa shape index (κ2) is 4.30. The van der Waals surface area contributed by atoms with Gasteiger partial charge in [-0.05, 0) is 24.5 Å². The Labute approximate surface area is 110 Å². The first-order valence-electron chi connectivity index (χ1n) is 6.04. The van der Waals surface area contributed by atoms with Crippen LogP contribution < -0.4 is 0 Å². The zero-order valence-corrected chi connectivity index (χ0v) is 11.4. The Morgan fingerprint density at radius 2 is 2.29 bits per heavy atom. The fraction of sp³-hybridized carbons (Fsp3) is 0.357. The molecular formula is C14H15BrN2. The summed E-state index contributed by atoms with van der Waals surface area (Å²) in [5.41, 5.74) is 2.28. The molecule has 0 N–H and O–H groups in total. The molecule has 1 aromatic carbocycles. The number of fused-ring (bicyclic) bond motifs is 1. The normalized spacial score (nSPS) is 19.1. The lowest BCUT2D eigenvalue weighted by Crippen LogP contribution is -2.16. The van der Waals surface area contributed by atoms with Crippen molar-refractivity contribution in [1.29, 1.82) is 0 Å². The monoisotopic (exact) mass is 290 g/mol. The van der Waals surface area contributed by atoms with Gasteiger partial charge in [-0.25, -0.2) is 4.98 Å². The highest BCUT2D eigenvalue weighted by atomic mass is 79.9. The van der Waals surface area contributed by atoms with Crippen molar-refractivity contribution in [3.8, 4) is 11.3 Å². The Bertz CT molecular complexity index is 545. The highest BCUT2D eigenvalue weighted by Crippen LogP contribution is 2.26. The molecule has 1 atom stereocenters. The molecule has 1 aromatic heterocycles. The van der Waals surface area contributed by atoms with E-state index in [1.54, 1.807) is 0 Å². The minimum atomic E-state index is 0.764. The van der Waals surface area contributed by atoms with E-state index in [0.717, 1.165) is 29.1 Å². The average Bonchev–Trinajstić information content (AvgIpc) is 2.72. The van der Waals surface area contributed by atoms with Gasteiger partial charge in [-0.15, -0.1) is 0 Å². The van der Waals surface area contributed by atoms with Crippen LogP contribution in [0.3, 0.4) is 0 Å². The van der Waals surface area contributed by atoms with Gasteiger partial charge in [0.25, 0.3) is 0 Å². The lowest BCUT2D eigenvalue weighted by Gasteiger charge is -2.18. The molecule has 0 saturated carbocycles. The number of aromatic nitrogens is 2. The van der Waals surface area contributed by atoms with Gasteiger partial charge in [0, 0.05) is 29.2 Å². The standard InChI is InChI=1S/C14H15BrN2/c1-10-5-6-17-9-13(16-14(17)7-10)11-3-2-4-12(15)8-11/h2-4,8-10H,5-7H2,1H3/t10-/m1/s1. The fourth-order valence-electron chi connectivity index (χ4n) is 2.37. The van der Waals surface area contributed by atoms with E-state index in [4.69, 9.17) is 4.98 Å². The molecular weight excluding hydrogens is 276 g/mol. The van der Waals surface area contributed by atoms with Crippen LogP contribution in [0.1, 0.15) is 19.2 Å². The molecule has 0 bridgehead atoms. The molecule has 0 aliphatic carbocycles. The van der Waals surface area contributed by atoms with E-state index >= 15 is 0 Å². The summed E-state index contributed by atoms with van der Waals surface area (Å²) >= 11 is 3.51. The van der Waals surface area contributed by atoms with Crippen molar-refractivity contribution in [1.82, 2.24) is 9.55 Å². The van der Waals surface area contributed by atoms with E-state index in [9.17, 15) is 0 Å². The van der Waals surface area contributed by atoms with Gasteiger partial charge in [-0.1, -0.05) is 35.0 Å². The minimum absolute atomic E-state index is 0.764. The molecule has 0 fully saturated rings. The first kappa shape index (κ1) is 11.0. The third kappa shape index (κ3) is 2.16. The van der Waals surface area contributed by atoms with E-state index in [2.05, 4.69) is 51.8 Å². The third-order valence-corrected chi connectivity index (χ3v) is 3.87. The molecule has 88 valence electrons. The predicted molar refractivity (Wildman–Crippen MR) is 72.8 cm³/mol. The molecule has 0 spiro atoms. The van der Waals surface area contributed by atoms with Crippen molar-refractivity contribution in [2.45, 2.75) is 26.3 Å². The third-order valence-electron chi connectivity index (χ3n) is 3.37.